The molecule has 0 unspecified atom stereocenters. The Morgan fingerprint density at radius 3 is 2.40 bits per heavy atom. The zero-order valence-corrected chi connectivity index (χ0v) is 9.12. The fourth-order valence-electron chi connectivity index (χ4n) is 2.05. The van der Waals surface area contributed by atoms with Gasteiger partial charge in [0.15, 0.2) is 0 Å². The fraction of sp³-hybridized carbons (Fsp3) is 0.357. The first-order chi connectivity index (χ1) is 7.15. The summed E-state index contributed by atoms with van der Waals surface area (Å²) in [4.78, 5) is 12.1. The van der Waals surface area contributed by atoms with E-state index in [2.05, 4.69) is 18.7 Å². The molecule has 1 aliphatic carbocycles. The summed E-state index contributed by atoms with van der Waals surface area (Å²) in [6, 6.07) is 10.1. The summed E-state index contributed by atoms with van der Waals surface area (Å²) in [6.07, 6.45) is 2.53. The number of carbonyl (C=O) groups excluding carboxylic acids is 1. The molecule has 0 bridgehead atoms. The van der Waals surface area contributed by atoms with Crippen LogP contribution in [0.2, 0.25) is 0 Å². The van der Waals surface area contributed by atoms with Crippen LogP contribution in [-0.4, -0.2) is 5.78 Å². The highest BCUT2D eigenvalue weighted by Crippen LogP contribution is 2.49. The molecule has 0 amide bonds. The number of rotatable bonds is 4. The largest absolute Gasteiger partial charge is 0.298 e. The first kappa shape index (κ1) is 10.2. The Kier molecular flexibility index (Phi) is 2.47. The van der Waals surface area contributed by atoms with Gasteiger partial charge >= 0.3 is 0 Å². The van der Waals surface area contributed by atoms with Crippen LogP contribution in [0.5, 0.6) is 0 Å². The maximum absolute atomic E-state index is 12.1. The van der Waals surface area contributed by atoms with Crippen LogP contribution < -0.4 is 0 Å². The third-order valence-electron chi connectivity index (χ3n) is 3.07. The van der Waals surface area contributed by atoms with Gasteiger partial charge in [0.25, 0.3) is 0 Å². The van der Waals surface area contributed by atoms with Gasteiger partial charge in [0, 0.05) is 6.42 Å². The standard InChI is InChI=1S/C14H16O/c1-11(2)10-13(15)14(8-9-14)12-6-4-3-5-7-12/h3-7H,1,8-10H2,2H3. The molecule has 1 aliphatic rings. The number of ketones is 1. The van der Waals surface area contributed by atoms with Crippen LogP contribution in [0.1, 0.15) is 31.7 Å². The molecule has 15 heavy (non-hydrogen) atoms. The van der Waals surface area contributed by atoms with Crippen molar-refractivity contribution in [1.82, 2.24) is 0 Å². The Hall–Kier alpha value is -1.37. The molecule has 1 heteroatoms. The van der Waals surface area contributed by atoms with Gasteiger partial charge in [-0.2, -0.15) is 0 Å². The molecule has 0 heterocycles. The SMILES string of the molecule is C=C(C)CC(=O)C1(c2ccccc2)CC1. The molecule has 0 saturated heterocycles. The van der Waals surface area contributed by atoms with Crippen molar-refractivity contribution >= 4 is 5.78 Å². The van der Waals surface area contributed by atoms with Crippen molar-refractivity contribution in [2.24, 2.45) is 0 Å². The number of allylic oxidation sites excluding steroid dienone is 1. The Morgan fingerprint density at radius 2 is 1.93 bits per heavy atom. The summed E-state index contributed by atoms with van der Waals surface area (Å²) in [6.45, 7) is 5.72. The molecule has 78 valence electrons. The lowest BCUT2D eigenvalue weighted by molar-refractivity contribution is -0.120. The normalized spacial score (nSPS) is 17.1. The molecule has 2 rings (SSSR count). The summed E-state index contributed by atoms with van der Waals surface area (Å²) in [7, 11) is 0. The van der Waals surface area contributed by atoms with Gasteiger partial charge in [-0.15, -0.1) is 0 Å². The lowest BCUT2D eigenvalue weighted by atomic mass is 9.88. The molecule has 1 aromatic rings. The lowest BCUT2D eigenvalue weighted by Crippen LogP contribution is -2.20. The average molecular weight is 200 g/mol. The smallest absolute Gasteiger partial charge is 0.147 e. The number of Topliss-reactive ketones (excluding diaryl/α,β-unsaturated/α-hetero) is 1. The second kappa shape index (κ2) is 3.65. The third kappa shape index (κ3) is 1.87. The highest BCUT2D eigenvalue weighted by molar-refractivity contribution is 5.94. The van der Waals surface area contributed by atoms with E-state index in [4.69, 9.17) is 0 Å². The van der Waals surface area contributed by atoms with E-state index in [0.29, 0.717) is 12.2 Å². The van der Waals surface area contributed by atoms with Crippen LogP contribution in [0, 0.1) is 0 Å². The summed E-state index contributed by atoms with van der Waals surface area (Å²) in [5.74, 6) is 0.334. The van der Waals surface area contributed by atoms with Crippen LogP contribution in [0.4, 0.5) is 0 Å². The molecule has 1 fully saturated rings. The second-order valence-corrected chi connectivity index (χ2v) is 4.51. The molecule has 1 saturated carbocycles. The Bertz CT molecular complexity index is 385. The highest BCUT2D eigenvalue weighted by Gasteiger charge is 2.49. The number of hydrogen-bond donors (Lipinski definition) is 0. The van der Waals surface area contributed by atoms with E-state index in [1.165, 1.54) is 5.56 Å². The van der Waals surface area contributed by atoms with Crippen LogP contribution in [0.15, 0.2) is 42.5 Å². The molecule has 0 radical (unpaired) electrons. The monoisotopic (exact) mass is 200 g/mol. The lowest BCUT2D eigenvalue weighted by Gasteiger charge is -2.14. The molecule has 0 atom stereocenters. The van der Waals surface area contributed by atoms with Crippen molar-refractivity contribution in [3.05, 3.63) is 48.0 Å². The van der Waals surface area contributed by atoms with Crippen molar-refractivity contribution in [3.63, 3.8) is 0 Å². The minimum absolute atomic E-state index is 0.166. The Labute approximate surface area is 90.8 Å². The molecular formula is C14H16O. The van der Waals surface area contributed by atoms with Crippen LogP contribution in [0.25, 0.3) is 0 Å². The number of benzene rings is 1. The van der Waals surface area contributed by atoms with Gasteiger partial charge in [-0.3, -0.25) is 4.79 Å². The van der Waals surface area contributed by atoms with Gasteiger partial charge in [0.1, 0.15) is 5.78 Å². The predicted molar refractivity (Wildman–Crippen MR) is 61.8 cm³/mol. The first-order valence-corrected chi connectivity index (χ1v) is 5.38. The maximum Gasteiger partial charge on any atom is 0.147 e. The number of hydrogen-bond acceptors (Lipinski definition) is 1. The van der Waals surface area contributed by atoms with Crippen molar-refractivity contribution in [2.45, 2.75) is 31.6 Å². The van der Waals surface area contributed by atoms with Crippen molar-refractivity contribution in [3.8, 4) is 0 Å². The van der Waals surface area contributed by atoms with Crippen molar-refractivity contribution in [2.75, 3.05) is 0 Å². The van der Waals surface area contributed by atoms with E-state index in [-0.39, 0.29) is 5.41 Å². The van der Waals surface area contributed by atoms with Crippen LogP contribution in [-0.2, 0) is 10.2 Å². The fourth-order valence-corrected chi connectivity index (χ4v) is 2.05. The first-order valence-electron chi connectivity index (χ1n) is 5.38. The quantitative estimate of drug-likeness (QED) is 0.682. The Morgan fingerprint density at radius 1 is 1.33 bits per heavy atom. The minimum atomic E-state index is -0.166. The van der Waals surface area contributed by atoms with E-state index >= 15 is 0 Å². The summed E-state index contributed by atoms with van der Waals surface area (Å²) in [5, 5.41) is 0. The van der Waals surface area contributed by atoms with E-state index < -0.39 is 0 Å². The van der Waals surface area contributed by atoms with Crippen molar-refractivity contribution in [1.29, 1.82) is 0 Å². The second-order valence-electron chi connectivity index (χ2n) is 4.51. The van der Waals surface area contributed by atoms with Gasteiger partial charge in [-0.1, -0.05) is 42.5 Å². The molecule has 0 N–H and O–H groups in total. The number of carbonyl (C=O) groups is 1. The molecule has 1 nitrogen and oxygen atoms in total. The summed E-state index contributed by atoms with van der Waals surface area (Å²) in [5.41, 5.74) is 1.97. The minimum Gasteiger partial charge on any atom is -0.298 e. The Balaban J connectivity index is 2.21. The highest BCUT2D eigenvalue weighted by atomic mass is 16.1. The molecule has 1 aromatic carbocycles. The molecule has 0 spiro atoms. The van der Waals surface area contributed by atoms with Gasteiger partial charge in [0.05, 0.1) is 5.41 Å². The average Bonchev–Trinajstić information content (AvgIpc) is 2.99. The van der Waals surface area contributed by atoms with Gasteiger partial charge in [0.2, 0.25) is 0 Å². The van der Waals surface area contributed by atoms with Crippen molar-refractivity contribution < 1.29 is 4.79 Å². The summed E-state index contributed by atoms with van der Waals surface area (Å²) >= 11 is 0. The van der Waals surface area contributed by atoms with Crippen LogP contribution in [0.3, 0.4) is 0 Å². The van der Waals surface area contributed by atoms with E-state index in [1.54, 1.807) is 0 Å². The molecule has 0 aromatic heterocycles. The zero-order valence-electron chi connectivity index (χ0n) is 9.12. The summed E-state index contributed by atoms with van der Waals surface area (Å²) < 4.78 is 0. The molecule has 0 aliphatic heterocycles. The topological polar surface area (TPSA) is 17.1 Å². The predicted octanol–water partition coefficient (Wildman–Crippen LogP) is 3.25. The van der Waals surface area contributed by atoms with Gasteiger partial charge in [-0.25, -0.2) is 0 Å². The van der Waals surface area contributed by atoms with Gasteiger partial charge in [-0.05, 0) is 25.3 Å². The molecular weight excluding hydrogens is 184 g/mol. The zero-order chi connectivity index (χ0) is 10.9. The van der Waals surface area contributed by atoms with Gasteiger partial charge < -0.3 is 0 Å². The maximum atomic E-state index is 12.1. The van der Waals surface area contributed by atoms with E-state index in [9.17, 15) is 4.79 Å². The van der Waals surface area contributed by atoms with E-state index in [0.717, 1.165) is 18.4 Å². The van der Waals surface area contributed by atoms with Crippen LogP contribution >= 0.6 is 0 Å². The van der Waals surface area contributed by atoms with E-state index in [1.807, 2.05) is 25.1 Å². The third-order valence-corrected chi connectivity index (χ3v) is 3.07.